The second-order valence-electron chi connectivity index (χ2n) is 4.68. The molecule has 0 N–H and O–H groups in total. The number of rotatable bonds is 1. The molecule has 0 aromatic carbocycles. The maximum absolute atomic E-state index is 11.7. The molecule has 1 unspecified atom stereocenters. The summed E-state index contributed by atoms with van der Waals surface area (Å²) in [5.41, 5.74) is 0. The standard InChI is InChI=1S/C12H21N2O/c15-12-11(7-6-8-13-12)14-9-4-2-1-3-5-10-14/h11H,1-10H2. The molecule has 3 nitrogen and oxygen atoms in total. The van der Waals surface area contributed by atoms with Crippen molar-refractivity contribution in [2.45, 2.75) is 51.0 Å². The number of likely N-dealkylation sites (tertiary alicyclic amines) is 1. The Morgan fingerprint density at radius 3 is 2.33 bits per heavy atom. The van der Waals surface area contributed by atoms with Gasteiger partial charge in [-0.25, -0.2) is 0 Å². The van der Waals surface area contributed by atoms with Crippen molar-refractivity contribution >= 4 is 5.91 Å². The second kappa shape index (κ2) is 5.50. The topological polar surface area (TPSA) is 34.4 Å². The molecule has 15 heavy (non-hydrogen) atoms. The molecule has 0 aromatic rings. The summed E-state index contributed by atoms with van der Waals surface area (Å²) in [7, 11) is 0. The van der Waals surface area contributed by atoms with Gasteiger partial charge in [0.1, 0.15) is 0 Å². The lowest BCUT2D eigenvalue weighted by Crippen LogP contribution is -2.48. The highest BCUT2D eigenvalue weighted by Crippen LogP contribution is 2.17. The molecule has 1 amide bonds. The highest BCUT2D eigenvalue weighted by molar-refractivity contribution is 5.82. The van der Waals surface area contributed by atoms with Crippen molar-refractivity contribution < 1.29 is 4.79 Å². The van der Waals surface area contributed by atoms with Crippen molar-refractivity contribution in [3.05, 3.63) is 0 Å². The Morgan fingerprint density at radius 2 is 1.67 bits per heavy atom. The van der Waals surface area contributed by atoms with Crippen molar-refractivity contribution in [1.29, 1.82) is 0 Å². The van der Waals surface area contributed by atoms with E-state index < -0.39 is 0 Å². The van der Waals surface area contributed by atoms with Crippen molar-refractivity contribution in [2.75, 3.05) is 19.6 Å². The van der Waals surface area contributed by atoms with Crippen LogP contribution in [0.15, 0.2) is 0 Å². The molecular weight excluding hydrogens is 188 g/mol. The number of amides is 1. The maximum Gasteiger partial charge on any atom is 0.258 e. The number of nitrogens with zero attached hydrogens (tertiary/aromatic N) is 2. The van der Waals surface area contributed by atoms with Crippen LogP contribution in [-0.2, 0) is 4.79 Å². The average molecular weight is 209 g/mol. The molecular formula is C12H21N2O. The van der Waals surface area contributed by atoms with Gasteiger partial charge in [-0.05, 0) is 38.8 Å². The first-order valence-electron chi connectivity index (χ1n) is 6.33. The largest absolute Gasteiger partial charge is 0.292 e. The highest BCUT2D eigenvalue weighted by Gasteiger charge is 2.28. The van der Waals surface area contributed by atoms with Crippen LogP contribution in [0, 0.1) is 0 Å². The zero-order valence-electron chi connectivity index (χ0n) is 9.45. The van der Waals surface area contributed by atoms with Gasteiger partial charge < -0.3 is 0 Å². The first-order valence-corrected chi connectivity index (χ1v) is 6.33. The van der Waals surface area contributed by atoms with Crippen LogP contribution < -0.4 is 5.32 Å². The molecule has 2 heterocycles. The van der Waals surface area contributed by atoms with Gasteiger partial charge in [0.15, 0.2) is 0 Å². The zero-order valence-corrected chi connectivity index (χ0v) is 9.45. The van der Waals surface area contributed by atoms with Gasteiger partial charge in [0.2, 0.25) is 0 Å². The van der Waals surface area contributed by atoms with Crippen LogP contribution in [0.25, 0.3) is 0 Å². The normalized spacial score (nSPS) is 30.4. The first-order chi connectivity index (χ1) is 7.38. The van der Waals surface area contributed by atoms with Crippen LogP contribution in [0.1, 0.15) is 44.9 Å². The van der Waals surface area contributed by atoms with Gasteiger partial charge in [0.05, 0.1) is 6.04 Å². The molecule has 0 aromatic heterocycles. The Hall–Kier alpha value is -0.570. The van der Waals surface area contributed by atoms with Crippen LogP contribution in [0.4, 0.5) is 0 Å². The van der Waals surface area contributed by atoms with Gasteiger partial charge in [-0.15, -0.1) is 0 Å². The molecule has 2 aliphatic rings. The molecule has 1 radical (unpaired) electrons. The smallest absolute Gasteiger partial charge is 0.258 e. The van der Waals surface area contributed by atoms with Crippen molar-refractivity contribution in [3.8, 4) is 0 Å². The Kier molecular flexibility index (Phi) is 4.01. The van der Waals surface area contributed by atoms with Gasteiger partial charge in [-0.1, -0.05) is 19.3 Å². The van der Waals surface area contributed by atoms with E-state index in [1.165, 1.54) is 32.1 Å². The van der Waals surface area contributed by atoms with Crippen LogP contribution in [0.5, 0.6) is 0 Å². The Bertz CT molecular complexity index is 210. The van der Waals surface area contributed by atoms with Crippen LogP contribution >= 0.6 is 0 Å². The average Bonchev–Trinajstić information content (AvgIpc) is 2.19. The zero-order chi connectivity index (χ0) is 10.5. The summed E-state index contributed by atoms with van der Waals surface area (Å²) in [4.78, 5) is 14.1. The fraction of sp³-hybridized carbons (Fsp3) is 0.917. The summed E-state index contributed by atoms with van der Waals surface area (Å²) < 4.78 is 0. The van der Waals surface area contributed by atoms with Crippen LogP contribution in [0.2, 0.25) is 0 Å². The monoisotopic (exact) mass is 209 g/mol. The van der Waals surface area contributed by atoms with E-state index in [4.69, 9.17) is 0 Å². The molecule has 2 saturated heterocycles. The van der Waals surface area contributed by atoms with Gasteiger partial charge in [0.25, 0.3) is 5.91 Å². The fourth-order valence-corrected chi connectivity index (χ4v) is 2.63. The molecule has 0 aliphatic carbocycles. The summed E-state index contributed by atoms with van der Waals surface area (Å²) in [5.74, 6) is 0.141. The summed E-state index contributed by atoms with van der Waals surface area (Å²) in [6.45, 7) is 2.96. The number of carbonyl (C=O) groups excluding carboxylic acids is 1. The van der Waals surface area contributed by atoms with Crippen LogP contribution in [0.3, 0.4) is 0 Å². The van der Waals surface area contributed by atoms with Crippen molar-refractivity contribution in [2.24, 2.45) is 0 Å². The van der Waals surface area contributed by atoms with Crippen LogP contribution in [-0.4, -0.2) is 36.5 Å². The Balaban J connectivity index is 1.90. The minimum atomic E-state index is 0.122. The van der Waals surface area contributed by atoms with E-state index >= 15 is 0 Å². The van der Waals surface area contributed by atoms with E-state index in [0.717, 1.165) is 32.5 Å². The predicted molar refractivity (Wildman–Crippen MR) is 59.7 cm³/mol. The molecule has 0 spiro atoms. The SMILES string of the molecule is O=C1[N]CCCC1N1CCCCCCC1. The molecule has 1 atom stereocenters. The number of hydrogen-bond donors (Lipinski definition) is 0. The third-order valence-corrected chi connectivity index (χ3v) is 3.52. The van der Waals surface area contributed by atoms with Crippen molar-refractivity contribution in [1.82, 2.24) is 10.2 Å². The van der Waals surface area contributed by atoms with Gasteiger partial charge >= 0.3 is 0 Å². The van der Waals surface area contributed by atoms with Gasteiger partial charge in [0, 0.05) is 6.54 Å². The van der Waals surface area contributed by atoms with E-state index in [1.807, 2.05) is 0 Å². The number of hydrogen-bond acceptors (Lipinski definition) is 2. The lowest BCUT2D eigenvalue weighted by Gasteiger charge is -2.33. The molecule has 2 aliphatic heterocycles. The first kappa shape index (κ1) is 10.9. The number of carbonyl (C=O) groups is 1. The van der Waals surface area contributed by atoms with Gasteiger partial charge in [-0.3, -0.25) is 15.0 Å². The van der Waals surface area contributed by atoms with E-state index in [0.29, 0.717) is 0 Å². The molecule has 0 saturated carbocycles. The van der Waals surface area contributed by atoms with E-state index in [2.05, 4.69) is 10.2 Å². The van der Waals surface area contributed by atoms with Gasteiger partial charge in [-0.2, -0.15) is 0 Å². The fourth-order valence-electron chi connectivity index (χ4n) is 2.63. The lowest BCUT2D eigenvalue weighted by atomic mass is 10.0. The maximum atomic E-state index is 11.7. The summed E-state index contributed by atoms with van der Waals surface area (Å²) >= 11 is 0. The second-order valence-corrected chi connectivity index (χ2v) is 4.68. The summed E-state index contributed by atoms with van der Waals surface area (Å²) in [6.07, 6.45) is 8.66. The summed E-state index contributed by atoms with van der Waals surface area (Å²) in [6, 6.07) is 0.122. The number of piperidine rings is 1. The summed E-state index contributed by atoms with van der Waals surface area (Å²) in [5, 5.41) is 4.06. The minimum absolute atomic E-state index is 0.122. The minimum Gasteiger partial charge on any atom is -0.292 e. The Morgan fingerprint density at radius 1 is 1.00 bits per heavy atom. The third-order valence-electron chi connectivity index (χ3n) is 3.52. The highest BCUT2D eigenvalue weighted by atomic mass is 16.2. The molecule has 0 bridgehead atoms. The van der Waals surface area contributed by atoms with E-state index in [1.54, 1.807) is 0 Å². The quantitative estimate of drug-likeness (QED) is 0.656. The van der Waals surface area contributed by atoms with Crippen molar-refractivity contribution in [3.63, 3.8) is 0 Å². The molecule has 3 heteroatoms. The lowest BCUT2D eigenvalue weighted by molar-refractivity contribution is -0.128. The van der Waals surface area contributed by atoms with E-state index in [-0.39, 0.29) is 11.9 Å². The predicted octanol–water partition coefficient (Wildman–Crippen LogP) is 1.55. The Labute approximate surface area is 92.2 Å². The molecule has 2 rings (SSSR count). The third kappa shape index (κ3) is 2.94. The van der Waals surface area contributed by atoms with E-state index in [9.17, 15) is 4.79 Å². The molecule has 2 fully saturated rings. The molecule has 85 valence electrons.